The maximum Gasteiger partial charge on any atom is 0.182 e. The Morgan fingerprint density at radius 2 is 1.75 bits per heavy atom. The average molecular weight is 271 g/mol. The van der Waals surface area contributed by atoms with Gasteiger partial charge in [0.15, 0.2) is 5.78 Å². The molecule has 1 aromatic carbocycles. The zero-order chi connectivity index (χ0) is 14.2. The van der Waals surface area contributed by atoms with E-state index in [2.05, 4.69) is 30.9 Å². The van der Waals surface area contributed by atoms with Crippen molar-refractivity contribution in [3.63, 3.8) is 0 Å². The third kappa shape index (κ3) is 2.31. The molecule has 1 saturated carbocycles. The van der Waals surface area contributed by atoms with Crippen molar-refractivity contribution in [1.29, 1.82) is 0 Å². The lowest BCUT2D eigenvalue weighted by Gasteiger charge is -2.36. The Morgan fingerprint density at radius 1 is 1.10 bits per heavy atom. The summed E-state index contributed by atoms with van der Waals surface area (Å²) in [5.41, 5.74) is 1.89. The van der Waals surface area contributed by atoms with Gasteiger partial charge in [0, 0.05) is 5.56 Å². The van der Waals surface area contributed by atoms with E-state index >= 15 is 0 Å². The molecule has 3 rings (SSSR count). The normalized spacial score (nSPS) is 20.9. The molecule has 0 unspecified atom stereocenters. The second kappa shape index (κ2) is 5.33. The summed E-state index contributed by atoms with van der Waals surface area (Å²) in [5.74, 6) is 0.923. The van der Waals surface area contributed by atoms with Gasteiger partial charge in [-0.25, -0.2) is 0 Å². The van der Waals surface area contributed by atoms with Crippen LogP contribution in [0.4, 0.5) is 0 Å². The highest BCUT2D eigenvalue weighted by molar-refractivity contribution is 6.04. The number of benzene rings is 1. The fraction of sp³-hybridized carbons (Fsp3) is 0.611. The summed E-state index contributed by atoms with van der Waals surface area (Å²) in [6.45, 7) is 6.31. The molecular weight excluding hydrogens is 246 g/mol. The standard InChI is InChI=1S/C18H25NO/c1-18(2,19-12-5-6-13-19)17(20)16-11-4-3-10-15(16)14-8-7-9-14/h3-4,10-11,14H,5-9,12-13H2,1-2H3. The first-order valence-electron chi connectivity index (χ1n) is 7.99. The van der Waals surface area contributed by atoms with Gasteiger partial charge in [-0.05, 0) is 64.1 Å². The summed E-state index contributed by atoms with van der Waals surface area (Å²) < 4.78 is 0. The van der Waals surface area contributed by atoms with E-state index in [4.69, 9.17) is 0 Å². The zero-order valence-corrected chi connectivity index (χ0v) is 12.7. The van der Waals surface area contributed by atoms with E-state index in [9.17, 15) is 4.79 Å². The van der Waals surface area contributed by atoms with Gasteiger partial charge in [-0.15, -0.1) is 0 Å². The first-order valence-corrected chi connectivity index (χ1v) is 7.99. The zero-order valence-electron chi connectivity index (χ0n) is 12.7. The molecule has 1 aliphatic carbocycles. The fourth-order valence-corrected chi connectivity index (χ4v) is 3.53. The smallest absolute Gasteiger partial charge is 0.182 e. The highest BCUT2D eigenvalue weighted by Crippen LogP contribution is 2.39. The molecule has 2 nitrogen and oxygen atoms in total. The van der Waals surface area contributed by atoms with Crippen LogP contribution < -0.4 is 0 Å². The molecule has 1 aliphatic heterocycles. The van der Waals surface area contributed by atoms with Crippen molar-refractivity contribution in [3.05, 3.63) is 35.4 Å². The molecule has 2 heteroatoms. The number of carbonyl (C=O) groups excluding carboxylic acids is 1. The third-order valence-corrected chi connectivity index (χ3v) is 5.20. The largest absolute Gasteiger partial charge is 0.292 e. The summed E-state index contributed by atoms with van der Waals surface area (Å²) in [6.07, 6.45) is 6.24. The van der Waals surface area contributed by atoms with Gasteiger partial charge in [-0.2, -0.15) is 0 Å². The van der Waals surface area contributed by atoms with Gasteiger partial charge >= 0.3 is 0 Å². The summed E-state index contributed by atoms with van der Waals surface area (Å²) in [4.78, 5) is 15.4. The van der Waals surface area contributed by atoms with E-state index in [0.717, 1.165) is 18.7 Å². The molecule has 108 valence electrons. The number of Topliss-reactive ketones (excluding diaryl/α,β-unsaturated/α-hetero) is 1. The number of ketones is 1. The van der Waals surface area contributed by atoms with Gasteiger partial charge in [0.1, 0.15) is 0 Å². The summed E-state index contributed by atoms with van der Waals surface area (Å²) in [5, 5.41) is 0. The lowest BCUT2D eigenvalue weighted by atomic mass is 9.76. The lowest BCUT2D eigenvalue weighted by Crippen LogP contribution is -2.48. The summed E-state index contributed by atoms with van der Waals surface area (Å²) in [7, 11) is 0. The maximum atomic E-state index is 13.1. The molecule has 0 bridgehead atoms. The minimum atomic E-state index is -0.365. The molecule has 2 fully saturated rings. The SMILES string of the molecule is CC(C)(C(=O)c1ccccc1C1CCC1)N1CCCC1. The average Bonchev–Trinajstić information content (AvgIpc) is 2.91. The van der Waals surface area contributed by atoms with Crippen LogP contribution in [-0.2, 0) is 0 Å². The molecule has 0 spiro atoms. The van der Waals surface area contributed by atoms with Gasteiger partial charge in [0.2, 0.25) is 0 Å². The molecule has 2 aliphatic rings. The van der Waals surface area contributed by atoms with Gasteiger partial charge < -0.3 is 0 Å². The Hall–Kier alpha value is -1.15. The number of rotatable bonds is 4. The molecule has 0 N–H and O–H groups in total. The predicted molar refractivity (Wildman–Crippen MR) is 82.3 cm³/mol. The predicted octanol–water partition coefficient (Wildman–Crippen LogP) is 4.01. The molecule has 1 saturated heterocycles. The number of likely N-dealkylation sites (tertiary alicyclic amines) is 1. The Bertz CT molecular complexity index is 496. The molecule has 0 radical (unpaired) electrons. The van der Waals surface area contributed by atoms with Crippen LogP contribution in [0.2, 0.25) is 0 Å². The van der Waals surface area contributed by atoms with Gasteiger partial charge in [-0.3, -0.25) is 9.69 Å². The van der Waals surface area contributed by atoms with E-state index in [1.165, 1.54) is 37.7 Å². The molecule has 1 aromatic rings. The van der Waals surface area contributed by atoms with Crippen LogP contribution in [0, 0.1) is 0 Å². The van der Waals surface area contributed by atoms with Crippen molar-refractivity contribution in [2.24, 2.45) is 0 Å². The Kier molecular flexibility index (Phi) is 3.68. The van der Waals surface area contributed by atoms with Crippen LogP contribution in [0.1, 0.15) is 67.8 Å². The Balaban J connectivity index is 1.89. The van der Waals surface area contributed by atoms with Crippen molar-refractivity contribution in [3.8, 4) is 0 Å². The van der Waals surface area contributed by atoms with E-state index in [1.54, 1.807) is 0 Å². The first-order chi connectivity index (χ1) is 9.60. The molecule has 0 aromatic heterocycles. The third-order valence-electron chi connectivity index (χ3n) is 5.20. The molecule has 1 heterocycles. The van der Waals surface area contributed by atoms with Crippen LogP contribution in [0.5, 0.6) is 0 Å². The summed E-state index contributed by atoms with van der Waals surface area (Å²) in [6, 6.07) is 8.29. The highest BCUT2D eigenvalue weighted by Gasteiger charge is 2.38. The van der Waals surface area contributed by atoms with Gasteiger partial charge in [0.05, 0.1) is 5.54 Å². The van der Waals surface area contributed by atoms with Crippen molar-refractivity contribution in [2.75, 3.05) is 13.1 Å². The second-order valence-corrected chi connectivity index (χ2v) is 6.80. The number of hydrogen-bond acceptors (Lipinski definition) is 2. The Morgan fingerprint density at radius 3 is 2.35 bits per heavy atom. The van der Waals surface area contributed by atoms with E-state index in [0.29, 0.717) is 11.7 Å². The second-order valence-electron chi connectivity index (χ2n) is 6.80. The molecule has 0 amide bonds. The van der Waals surface area contributed by atoms with Gasteiger partial charge in [-0.1, -0.05) is 30.7 Å². The highest BCUT2D eigenvalue weighted by atomic mass is 16.1. The van der Waals surface area contributed by atoms with Crippen LogP contribution in [0.3, 0.4) is 0 Å². The van der Waals surface area contributed by atoms with Crippen molar-refractivity contribution in [1.82, 2.24) is 4.90 Å². The quantitative estimate of drug-likeness (QED) is 0.771. The van der Waals surface area contributed by atoms with Crippen LogP contribution in [0.25, 0.3) is 0 Å². The van der Waals surface area contributed by atoms with Crippen LogP contribution in [0.15, 0.2) is 24.3 Å². The number of hydrogen-bond donors (Lipinski definition) is 0. The van der Waals surface area contributed by atoms with Crippen LogP contribution >= 0.6 is 0 Å². The first kappa shape index (κ1) is 13.8. The van der Waals surface area contributed by atoms with Crippen molar-refractivity contribution < 1.29 is 4.79 Å². The minimum absolute atomic E-state index is 0.307. The maximum absolute atomic E-state index is 13.1. The van der Waals surface area contributed by atoms with E-state index in [1.807, 2.05) is 12.1 Å². The van der Waals surface area contributed by atoms with Crippen molar-refractivity contribution >= 4 is 5.78 Å². The molecular formula is C18H25NO. The number of nitrogens with zero attached hydrogens (tertiary/aromatic N) is 1. The van der Waals surface area contributed by atoms with Crippen molar-refractivity contribution in [2.45, 2.75) is 57.4 Å². The molecule has 20 heavy (non-hydrogen) atoms. The summed E-state index contributed by atoms with van der Waals surface area (Å²) >= 11 is 0. The molecule has 0 atom stereocenters. The van der Waals surface area contributed by atoms with Gasteiger partial charge in [0.25, 0.3) is 0 Å². The monoisotopic (exact) mass is 271 g/mol. The Labute approximate surface area is 122 Å². The fourth-order valence-electron chi connectivity index (χ4n) is 3.53. The van der Waals surface area contributed by atoms with E-state index in [-0.39, 0.29) is 5.54 Å². The lowest BCUT2D eigenvalue weighted by molar-refractivity contribution is 0.0700. The van der Waals surface area contributed by atoms with Crippen LogP contribution in [-0.4, -0.2) is 29.3 Å². The minimum Gasteiger partial charge on any atom is -0.292 e. The van der Waals surface area contributed by atoms with E-state index < -0.39 is 0 Å². The number of carbonyl (C=O) groups is 1. The topological polar surface area (TPSA) is 20.3 Å².